The van der Waals surface area contributed by atoms with Gasteiger partial charge < -0.3 is 5.32 Å². The molecule has 1 saturated heterocycles. The van der Waals surface area contributed by atoms with Crippen molar-refractivity contribution in [1.29, 1.82) is 0 Å². The molecule has 0 aromatic heterocycles. The van der Waals surface area contributed by atoms with Crippen molar-refractivity contribution in [2.45, 2.75) is 26.3 Å². The normalized spacial score (nSPS) is 21.6. The van der Waals surface area contributed by atoms with Gasteiger partial charge in [0.05, 0.1) is 0 Å². The van der Waals surface area contributed by atoms with Gasteiger partial charge in [-0.25, -0.2) is 4.79 Å². The predicted octanol–water partition coefficient (Wildman–Crippen LogP) is 1.14. The molecule has 1 heterocycles. The van der Waals surface area contributed by atoms with Crippen molar-refractivity contribution in [3.8, 4) is 0 Å². The van der Waals surface area contributed by atoms with E-state index in [1.54, 1.807) is 6.08 Å². The van der Waals surface area contributed by atoms with Crippen molar-refractivity contribution < 1.29 is 9.59 Å². The molecule has 1 aliphatic rings. The van der Waals surface area contributed by atoms with E-state index in [1.807, 2.05) is 13.8 Å². The van der Waals surface area contributed by atoms with Crippen LogP contribution in [0.4, 0.5) is 4.79 Å². The fourth-order valence-electron chi connectivity index (χ4n) is 1.51. The van der Waals surface area contributed by atoms with E-state index in [9.17, 15) is 9.59 Å². The molecule has 1 aliphatic heterocycles. The van der Waals surface area contributed by atoms with Crippen molar-refractivity contribution in [2.75, 3.05) is 6.54 Å². The summed E-state index contributed by atoms with van der Waals surface area (Å²) in [6.45, 7) is 7.84. The van der Waals surface area contributed by atoms with Crippen LogP contribution in [0.3, 0.4) is 0 Å². The number of hydrogen-bond donors (Lipinski definition) is 1. The summed E-state index contributed by atoms with van der Waals surface area (Å²) in [7, 11) is 0. The van der Waals surface area contributed by atoms with Crippen LogP contribution in [0.15, 0.2) is 12.7 Å². The van der Waals surface area contributed by atoms with E-state index in [-0.39, 0.29) is 18.0 Å². The number of carbonyl (C=O) groups is 2. The van der Waals surface area contributed by atoms with Crippen molar-refractivity contribution >= 4 is 11.9 Å². The molecule has 0 radical (unpaired) electrons. The molecule has 0 aliphatic carbocycles. The molecule has 0 unspecified atom stereocenters. The molecule has 1 N–H and O–H groups in total. The summed E-state index contributed by atoms with van der Waals surface area (Å²) >= 11 is 0. The maximum Gasteiger partial charge on any atom is 0.325 e. The molecule has 1 rings (SSSR count). The highest BCUT2D eigenvalue weighted by Crippen LogP contribution is 2.13. The zero-order valence-corrected chi connectivity index (χ0v) is 8.62. The first-order valence-corrected chi connectivity index (χ1v) is 4.79. The highest BCUT2D eigenvalue weighted by molar-refractivity contribution is 6.04. The molecular weight excluding hydrogens is 180 g/mol. The van der Waals surface area contributed by atoms with Gasteiger partial charge in [0.15, 0.2) is 0 Å². The van der Waals surface area contributed by atoms with Crippen molar-refractivity contribution in [3.63, 3.8) is 0 Å². The topological polar surface area (TPSA) is 49.4 Å². The molecule has 4 heteroatoms. The lowest BCUT2D eigenvalue weighted by Gasteiger charge is -2.11. The van der Waals surface area contributed by atoms with Gasteiger partial charge >= 0.3 is 6.03 Å². The van der Waals surface area contributed by atoms with E-state index in [4.69, 9.17) is 0 Å². The summed E-state index contributed by atoms with van der Waals surface area (Å²) in [4.78, 5) is 24.1. The molecule has 0 saturated carbocycles. The van der Waals surface area contributed by atoms with Crippen LogP contribution in [0.5, 0.6) is 0 Å². The van der Waals surface area contributed by atoms with Gasteiger partial charge in [-0.1, -0.05) is 19.9 Å². The van der Waals surface area contributed by atoms with E-state index < -0.39 is 0 Å². The molecule has 1 fully saturated rings. The van der Waals surface area contributed by atoms with Gasteiger partial charge in [0, 0.05) is 6.54 Å². The van der Waals surface area contributed by atoms with E-state index in [1.165, 1.54) is 4.90 Å². The third kappa shape index (κ3) is 2.13. The zero-order chi connectivity index (χ0) is 10.7. The summed E-state index contributed by atoms with van der Waals surface area (Å²) < 4.78 is 0. The minimum Gasteiger partial charge on any atom is -0.326 e. The van der Waals surface area contributed by atoms with Crippen LogP contribution in [-0.2, 0) is 4.79 Å². The van der Waals surface area contributed by atoms with Gasteiger partial charge in [0.2, 0.25) is 0 Å². The molecule has 1 atom stereocenters. The monoisotopic (exact) mass is 196 g/mol. The molecule has 78 valence electrons. The molecule has 4 nitrogen and oxygen atoms in total. The smallest absolute Gasteiger partial charge is 0.325 e. The first-order valence-electron chi connectivity index (χ1n) is 4.79. The molecular formula is C10H16N2O2. The summed E-state index contributed by atoms with van der Waals surface area (Å²) in [5, 5.41) is 2.66. The third-order valence-corrected chi connectivity index (χ3v) is 2.13. The second-order valence-electron chi connectivity index (χ2n) is 3.87. The van der Waals surface area contributed by atoms with Gasteiger partial charge in [0.25, 0.3) is 5.91 Å². The van der Waals surface area contributed by atoms with Crippen molar-refractivity contribution in [1.82, 2.24) is 10.2 Å². The summed E-state index contributed by atoms with van der Waals surface area (Å²) in [5.74, 6) is 0.261. The van der Waals surface area contributed by atoms with Crippen molar-refractivity contribution in [3.05, 3.63) is 12.7 Å². The quantitative estimate of drug-likeness (QED) is 0.541. The Morgan fingerprint density at radius 2 is 2.21 bits per heavy atom. The Labute approximate surface area is 84.0 Å². The number of urea groups is 1. The van der Waals surface area contributed by atoms with Crippen LogP contribution in [-0.4, -0.2) is 29.4 Å². The number of hydrogen-bond acceptors (Lipinski definition) is 2. The maximum atomic E-state index is 11.6. The highest BCUT2D eigenvalue weighted by Gasteiger charge is 2.36. The molecule has 0 spiro atoms. The minimum atomic E-state index is -0.345. The fraction of sp³-hybridized carbons (Fsp3) is 0.600. The van der Waals surface area contributed by atoms with Gasteiger partial charge in [-0.2, -0.15) is 0 Å². The summed E-state index contributed by atoms with van der Waals surface area (Å²) in [6.07, 6.45) is 2.24. The van der Waals surface area contributed by atoms with Crippen molar-refractivity contribution in [2.24, 2.45) is 5.92 Å². The first kappa shape index (κ1) is 10.8. The third-order valence-electron chi connectivity index (χ3n) is 2.13. The summed E-state index contributed by atoms with van der Waals surface area (Å²) in [6, 6.07) is -0.650. The maximum absolute atomic E-state index is 11.6. The average molecular weight is 196 g/mol. The minimum absolute atomic E-state index is 0.136. The number of rotatable bonds is 4. The largest absolute Gasteiger partial charge is 0.326 e. The first-order chi connectivity index (χ1) is 6.56. The highest BCUT2D eigenvalue weighted by atomic mass is 16.2. The van der Waals surface area contributed by atoms with E-state index >= 15 is 0 Å². The van der Waals surface area contributed by atoms with Crippen LogP contribution in [0.2, 0.25) is 0 Å². The lowest BCUT2D eigenvalue weighted by atomic mass is 10.0. The van der Waals surface area contributed by atoms with E-state index in [0.29, 0.717) is 18.9 Å². The standard InChI is InChI=1S/C10H16N2O2/c1-4-5-12-9(13)8(6-7(2)3)11-10(12)14/h4,7-8H,1,5-6H2,2-3H3,(H,11,14)/t8-/m1/s1. The molecule has 0 aromatic rings. The Bertz CT molecular complexity index is 261. The Morgan fingerprint density at radius 1 is 1.57 bits per heavy atom. The van der Waals surface area contributed by atoms with E-state index in [2.05, 4.69) is 11.9 Å². The number of imide groups is 1. The second-order valence-corrected chi connectivity index (χ2v) is 3.87. The Balaban J connectivity index is 2.64. The van der Waals surface area contributed by atoms with Crippen LogP contribution < -0.4 is 5.32 Å². The SMILES string of the molecule is C=CCN1C(=O)N[C@H](CC(C)C)C1=O. The average Bonchev–Trinajstić information content (AvgIpc) is 2.32. The lowest BCUT2D eigenvalue weighted by Crippen LogP contribution is -2.32. The lowest BCUT2D eigenvalue weighted by molar-refractivity contribution is -0.127. The van der Waals surface area contributed by atoms with Gasteiger partial charge in [-0.15, -0.1) is 6.58 Å². The molecule has 0 aromatic carbocycles. The number of carbonyl (C=O) groups excluding carboxylic acids is 2. The van der Waals surface area contributed by atoms with Crippen LogP contribution in [0.25, 0.3) is 0 Å². The predicted molar refractivity (Wildman–Crippen MR) is 53.7 cm³/mol. The fourth-order valence-corrected chi connectivity index (χ4v) is 1.51. The Kier molecular flexibility index (Phi) is 3.28. The van der Waals surface area contributed by atoms with Gasteiger partial charge in [-0.05, 0) is 12.3 Å². The van der Waals surface area contributed by atoms with Gasteiger partial charge in [-0.3, -0.25) is 9.69 Å². The molecule has 14 heavy (non-hydrogen) atoms. The van der Waals surface area contributed by atoms with E-state index in [0.717, 1.165) is 0 Å². The number of nitrogens with zero attached hydrogens (tertiary/aromatic N) is 1. The zero-order valence-electron chi connectivity index (χ0n) is 8.62. The molecule has 3 amide bonds. The second kappa shape index (κ2) is 4.26. The molecule has 0 bridgehead atoms. The number of amides is 3. The summed E-state index contributed by atoms with van der Waals surface area (Å²) in [5.41, 5.74) is 0. The van der Waals surface area contributed by atoms with Crippen LogP contribution >= 0.6 is 0 Å². The van der Waals surface area contributed by atoms with Gasteiger partial charge in [0.1, 0.15) is 6.04 Å². The Morgan fingerprint density at radius 3 is 2.71 bits per heavy atom. The van der Waals surface area contributed by atoms with Crippen LogP contribution in [0, 0.1) is 5.92 Å². The number of nitrogens with one attached hydrogen (secondary N) is 1. The van der Waals surface area contributed by atoms with Crippen LogP contribution in [0.1, 0.15) is 20.3 Å². The Hall–Kier alpha value is -1.32.